The van der Waals surface area contributed by atoms with Crippen LogP contribution in [0, 0.1) is 5.92 Å². The molecule has 2 N–H and O–H groups in total. The zero-order valence-electron chi connectivity index (χ0n) is 12.6. The maximum Gasteiger partial charge on any atom is 0.283 e. The first-order valence-electron chi connectivity index (χ1n) is 7.33. The molecule has 2 rings (SSSR count). The standard InChI is InChI=1S/C14H23BrN4O2/c1-3-10-9-18(5-4-11(10)16)12-8-17-19(6-7-21-2)14(20)13(12)15/h8,10-11H,3-7,9,16H2,1-2H3. The molecule has 0 spiro atoms. The molecule has 118 valence electrons. The summed E-state index contributed by atoms with van der Waals surface area (Å²) in [7, 11) is 1.61. The van der Waals surface area contributed by atoms with Gasteiger partial charge in [0, 0.05) is 26.2 Å². The third kappa shape index (κ3) is 3.64. The summed E-state index contributed by atoms with van der Waals surface area (Å²) in [5.74, 6) is 0.460. The van der Waals surface area contributed by atoms with Gasteiger partial charge in [-0.1, -0.05) is 13.3 Å². The van der Waals surface area contributed by atoms with Gasteiger partial charge in [-0.15, -0.1) is 0 Å². The molecule has 0 saturated carbocycles. The fourth-order valence-corrected chi connectivity index (χ4v) is 3.27. The minimum atomic E-state index is -0.118. The predicted molar refractivity (Wildman–Crippen MR) is 86.7 cm³/mol. The zero-order chi connectivity index (χ0) is 15.4. The molecule has 6 nitrogen and oxygen atoms in total. The SMILES string of the molecule is CCC1CN(c2cnn(CCOC)c(=O)c2Br)CCC1N. The van der Waals surface area contributed by atoms with Crippen molar-refractivity contribution in [2.45, 2.75) is 32.4 Å². The second kappa shape index (κ2) is 7.38. The average Bonchev–Trinajstić information content (AvgIpc) is 2.49. The normalized spacial score (nSPS) is 22.6. The summed E-state index contributed by atoms with van der Waals surface area (Å²) in [5.41, 5.74) is 6.89. The summed E-state index contributed by atoms with van der Waals surface area (Å²) in [4.78, 5) is 14.5. The molecule has 1 aromatic rings. The van der Waals surface area contributed by atoms with E-state index in [1.165, 1.54) is 4.68 Å². The summed E-state index contributed by atoms with van der Waals surface area (Å²) in [6.07, 6.45) is 3.75. The number of nitrogens with two attached hydrogens (primary N) is 1. The molecule has 0 radical (unpaired) electrons. The highest BCUT2D eigenvalue weighted by atomic mass is 79.9. The second-order valence-electron chi connectivity index (χ2n) is 5.43. The largest absolute Gasteiger partial charge is 0.383 e. The predicted octanol–water partition coefficient (Wildman–Crippen LogP) is 1.22. The zero-order valence-corrected chi connectivity index (χ0v) is 14.2. The maximum atomic E-state index is 12.3. The number of halogens is 1. The van der Waals surface area contributed by atoms with E-state index in [1.807, 2.05) is 0 Å². The van der Waals surface area contributed by atoms with E-state index in [-0.39, 0.29) is 11.6 Å². The highest BCUT2D eigenvalue weighted by Crippen LogP contribution is 2.27. The molecule has 1 aromatic heterocycles. The Morgan fingerprint density at radius 1 is 1.57 bits per heavy atom. The molecule has 1 aliphatic rings. The molecule has 2 unspecified atom stereocenters. The monoisotopic (exact) mass is 358 g/mol. The highest BCUT2D eigenvalue weighted by Gasteiger charge is 2.27. The molecule has 0 aromatic carbocycles. The quantitative estimate of drug-likeness (QED) is 0.856. The van der Waals surface area contributed by atoms with Crippen molar-refractivity contribution in [3.05, 3.63) is 21.0 Å². The summed E-state index contributed by atoms with van der Waals surface area (Å²) in [6.45, 7) is 4.81. The molecule has 1 fully saturated rings. The topological polar surface area (TPSA) is 73.4 Å². The molecule has 2 atom stereocenters. The fourth-order valence-electron chi connectivity index (χ4n) is 2.71. The number of hydrogen-bond donors (Lipinski definition) is 1. The summed E-state index contributed by atoms with van der Waals surface area (Å²) in [6, 6.07) is 0.250. The number of rotatable bonds is 5. The van der Waals surface area contributed by atoms with Gasteiger partial charge in [-0.2, -0.15) is 5.10 Å². The molecule has 21 heavy (non-hydrogen) atoms. The Balaban J connectivity index is 2.21. The van der Waals surface area contributed by atoms with Gasteiger partial charge >= 0.3 is 0 Å². The van der Waals surface area contributed by atoms with Crippen molar-refractivity contribution in [1.29, 1.82) is 0 Å². The lowest BCUT2D eigenvalue weighted by Gasteiger charge is -2.38. The molecule has 0 aliphatic carbocycles. The van der Waals surface area contributed by atoms with Crippen LogP contribution in [0.5, 0.6) is 0 Å². The Hall–Kier alpha value is -0.920. The molecular formula is C14H23BrN4O2. The van der Waals surface area contributed by atoms with E-state index in [0.717, 1.165) is 31.6 Å². The number of hydrogen-bond acceptors (Lipinski definition) is 5. The Kier molecular flexibility index (Phi) is 5.78. The number of piperidine rings is 1. The average molecular weight is 359 g/mol. The summed E-state index contributed by atoms with van der Waals surface area (Å²) < 4.78 is 6.98. The highest BCUT2D eigenvalue weighted by molar-refractivity contribution is 9.10. The molecular weight excluding hydrogens is 336 g/mol. The van der Waals surface area contributed by atoms with Crippen LogP contribution in [0.4, 0.5) is 5.69 Å². The molecule has 1 aliphatic heterocycles. The van der Waals surface area contributed by atoms with Crippen molar-refractivity contribution < 1.29 is 4.74 Å². The lowest BCUT2D eigenvalue weighted by atomic mass is 9.90. The van der Waals surface area contributed by atoms with Crippen molar-refractivity contribution in [2.75, 3.05) is 31.7 Å². The van der Waals surface area contributed by atoms with Crippen LogP contribution in [-0.4, -0.2) is 42.6 Å². The first-order chi connectivity index (χ1) is 10.1. The number of anilines is 1. The summed E-state index contributed by atoms with van der Waals surface area (Å²) >= 11 is 3.43. The Morgan fingerprint density at radius 2 is 2.33 bits per heavy atom. The Bertz CT molecular complexity index is 534. The molecule has 7 heteroatoms. The first-order valence-corrected chi connectivity index (χ1v) is 8.12. The number of methoxy groups -OCH3 is 1. The van der Waals surface area contributed by atoms with Crippen LogP contribution in [0.2, 0.25) is 0 Å². The van der Waals surface area contributed by atoms with E-state index >= 15 is 0 Å². The molecule has 1 saturated heterocycles. The minimum absolute atomic E-state index is 0.118. The van der Waals surface area contributed by atoms with Crippen LogP contribution in [0.15, 0.2) is 15.5 Å². The van der Waals surface area contributed by atoms with Gasteiger partial charge in [0.15, 0.2) is 0 Å². The smallest absolute Gasteiger partial charge is 0.283 e. The van der Waals surface area contributed by atoms with Crippen molar-refractivity contribution in [2.24, 2.45) is 11.7 Å². The molecule has 0 bridgehead atoms. The maximum absolute atomic E-state index is 12.3. The lowest BCUT2D eigenvalue weighted by Crippen LogP contribution is -2.47. The van der Waals surface area contributed by atoms with E-state index in [4.69, 9.17) is 10.5 Å². The van der Waals surface area contributed by atoms with Crippen molar-refractivity contribution in [3.63, 3.8) is 0 Å². The van der Waals surface area contributed by atoms with Gasteiger partial charge in [-0.3, -0.25) is 4.79 Å². The number of aromatic nitrogens is 2. The van der Waals surface area contributed by atoms with Gasteiger partial charge in [0.25, 0.3) is 5.56 Å². The fraction of sp³-hybridized carbons (Fsp3) is 0.714. The minimum Gasteiger partial charge on any atom is -0.383 e. The molecule has 0 amide bonds. The third-order valence-corrected chi connectivity index (χ3v) is 4.88. The van der Waals surface area contributed by atoms with E-state index in [0.29, 0.717) is 23.5 Å². The van der Waals surface area contributed by atoms with Crippen LogP contribution in [0.25, 0.3) is 0 Å². The van der Waals surface area contributed by atoms with E-state index in [1.54, 1.807) is 13.3 Å². The van der Waals surface area contributed by atoms with Gasteiger partial charge in [0.1, 0.15) is 4.47 Å². The van der Waals surface area contributed by atoms with Gasteiger partial charge in [0.05, 0.1) is 25.0 Å². The first kappa shape index (κ1) is 16.5. The second-order valence-corrected chi connectivity index (χ2v) is 6.22. The number of ether oxygens (including phenoxy) is 1. The summed E-state index contributed by atoms with van der Waals surface area (Å²) in [5, 5.41) is 4.24. The van der Waals surface area contributed by atoms with Gasteiger partial charge in [-0.25, -0.2) is 4.68 Å². The van der Waals surface area contributed by atoms with Crippen LogP contribution in [-0.2, 0) is 11.3 Å². The van der Waals surface area contributed by atoms with Crippen LogP contribution < -0.4 is 16.2 Å². The third-order valence-electron chi connectivity index (χ3n) is 4.13. The lowest BCUT2D eigenvalue weighted by molar-refractivity contribution is 0.181. The van der Waals surface area contributed by atoms with E-state index in [9.17, 15) is 4.79 Å². The van der Waals surface area contributed by atoms with E-state index in [2.05, 4.69) is 32.9 Å². The van der Waals surface area contributed by atoms with Gasteiger partial charge < -0.3 is 15.4 Å². The van der Waals surface area contributed by atoms with Crippen LogP contribution >= 0.6 is 15.9 Å². The van der Waals surface area contributed by atoms with Crippen molar-refractivity contribution in [1.82, 2.24) is 9.78 Å². The number of nitrogens with zero attached hydrogens (tertiary/aromatic N) is 3. The Morgan fingerprint density at radius 3 is 3.00 bits per heavy atom. The van der Waals surface area contributed by atoms with Gasteiger partial charge in [0.2, 0.25) is 0 Å². The van der Waals surface area contributed by atoms with Crippen molar-refractivity contribution >= 4 is 21.6 Å². The van der Waals surface area contributed by atoms with Crippen molar-refractivity contribution in [3.8, 4) is 0 Å². The van der Waals surface area contributed by atoms with Crippen LogP contribution in [0.1, 0.15) is 19.8 Å². The molecule has 2 heterocycles. The van der Waals surface area contributed by atoms with Gasteiger partial charge in [-0.05, 0) is 28.3 Å². The Labute approximate surface area is 133 Å². The van der Waals surface area contributed by atoms with E-state index < -0.39 is 0 Å². The van der Waals surface area contributed by atoms with Crippen LogP contribution in [0.3, 0.4) is 0 Å².